The van der Waals surface area contributed by atoms with Gasteiger partial charge >= 0.3 is 0 Å². The Bertz CT molecular complexity index is 458. The zero-order valence-corrected chi connectivity index (χ0v) is 18.8. The fraction of sp³-hybridized carbons (Fsp3) is 0.765. The number of thiazole rings is 1. The first-order chi connectivity index (χ1) is 11.8. The van der Waals surface area contributed by atoms with E-state index in [0.29, 0.717) is 13.2 Å². The number of hydrogen-bond acceptors (Lipinski definition) is 5. The van der Waals surface area contributed by atoms with Crippen LogP contribution in [0.25, 0.3) is 0 Å². The van der Waals surface area contributed by atoms with Crippen molar-refractivity contribution in [3.63, 3.8) is 0 Å². The zero-order valence-electron chi connectivity index (χ0n) is 15.7. The smallest absolute Gasteiger partial charge is 0.191 e. The van der Waals surface area contributed by atoms with E-state index in [4.69, 9.17) is 9.47 Å². The third kappa shape index (κ3) is 12.5. The monoisotopic (exact) mass is 484 g/mol. The number of halogens is 1. The number of hydrogen-bond donors (Lipinski definition) is 2. The van der Waals surface area contributed by atoms with E-state index in [-0.39, 0.29) is 24.0 Å². The van der Waals surface area contributed by atoms with Crippen LogP contribution in [0.1, 0.15) is 36.6 Å². The van der Waals surface area contributed by atoms with Crippen molar-refractivity contribution in [2.45, 2.75) is 39.5 Å². The summed E-state index contributed by atoms with van der Waals surface area (Å²) < 4.78 is 10.4. The van der Waals surface area contributed by atoms with Gasteiger partial charge in [-0.15, -0.1) is 35.3 Å². The summed E-state index contributed by atoms with van der Waals surface area (Å²) in [5.74, 6) is 0.880. The summed E-state index contributed by atoms with van der Waals surface area (Å²) in [6, 6.07) is 0. The number of rotatable bonds is 13. The Hall–Kier alpha value is -0.450. The maximum atomic E-state index is 5.44. The molecule has 1 heterocycles. The maximum absolute atomic E-state index is 5.44. The molecule has 0 fully saturated rings. The minimum absolute atomic E-state index is 0. The van der Waals surface area contributed by atoms with Gasteiger partial charge in [0.25, 0.3) is 0 Å². The van der Waals surface area contributed by atoms with E-state index in [9.17, 15) is 0 Å². The standard InChI is InChI=1S/C17H32N4O2S.HI/c1-4-15-14-21-16(24-15)8-10-20-17(18-5-2)19-9-6-7-11-23-13-12-22-3;/h14H,4-13H2,1-3H3,(H2,18,19,20);1H. The van der Waals surface area contributed by atoms with E-state index in [2.05, 4.69) is 34.5 Å². The fourth-order valence-corrected chi connectivity index (χ4v) is 2.87. The van der Waals surface area contributed by atoms with Gasteiger partial charge in [0, 0.05) is 50.8 Å². The van der Waals surface area contributed by atoms with Crippen molar-refractivity contribution < 1.29 is 9.47 Å². The van der Waals surface area contributed by atoms with Gasteiger partial charge in [0.05, 0.1) is 18.2 Å². The summed E-state index contributed by atoms with van der Waals surface area (Å²) in [7, 11) is 1.69. The maximum Gasteiger partial charge on any atom is 0.191 e. The lowest BCUT2D eigenvalue weighted by Crippen LogP contribution is -2.38. The highest BCUT2D eigenvalue weighted by Gasteiger charge is 2.02. The quantitative estimate of drug-likeness (QED) is 0.195. The molecule has 1 rings (SSSR count). The molecule has 6 nitrogen and oxygen atoms in total. The molecule has 0 unspecified atom stereocenters. The van der Waals surface area contributed by atoms with Crippen LogP contribution in [-0.4, -0.2) is 57.5 Å². The number of methoxy groups -OCH3 is 1. The van der Waals surface area contributed by atoms with Gasteiger partial charge in [-0.05, 0) is 26.2 Å². The molecule has 0 saturated heterocycles. The minimum Gasteiger partial charge on any atom is -0.382 e. The first kappa shape index (κ1) is 24.6. The lowest BCUT2D eigenvalue weighted by atomic mass is 10.3. The van der Waals surface area contributed by atoms with E-state index in [1.54, 1.807) is 18.4 Å². The number of nitrogens with zero attached hydrogens (tertiary/aromatic N) is 2. The van der Waals surface area contributed by atoms with Crippen molar-refractivity contribution in [1.29, 1.82) is 0 Å². The van der Waals surface area contributed by atoms with Crippen LogP contribution in [-0.2, 0) is 22.3 Å². The highest BCUT2D eigenvalue weighted by Crippen LogP contribution is 2.13. The number of nitrogens with one attached hydrogen (secondary N) is 2. The summed E-state index contributed by atoms with van der Waals surface area (Å²) in [6.45, 7) is 8.86. The van der Waals surface area contributed by atoms with Crippen LogP contribution in [0.3, 0.4) is 0 Å². The second-order valence-corrected chi connectivity index (χ2v) is 6.52. The van der Waals surface area contributed by atoms with Crippen LogP contribution in [0, 0.1) is 0 Å². The van der Waals surface area contributed by atoms with Crippen molar-refractivity contribution in [2.75, 3.05) is 46.6 Å². The Morgan fingerprint density at radius 2 is 2.04 bits per heavy atom. The Morgan fingerprint density at radius 1 is 1.20 bits per heavy atom. The fourth-order valence-electron chi connectivity index (χ4n) is 2.01. The molecule has 8 heteroatoms. The lowest BCUT2D eigenvalue weighted by Gasteiger charge is -2.10. The first-order valence-electron chi connectivity index (χ1n) is 8.82. The van der Waals surface area contributed by atoms with Crippen LogP contribution in [0.4, 0.5) is 0 Å². The normalized spacial score (nSPS) is 11.2. The van der Waals surface area contributed by atoms with Gasteiger partial charge in [-0.2, -0.15) is 0 Å². The molecule has 146 valence electrons. The Kier molecular flexibility index (Phi) is 16.7. The largest absolute Gasteiger partial charge is 0.382 e. The topological polar surface area (TPSA) is 67.8 Å². The molecule has 0 amide bonds. The molecular weight excluding hydrogens is 451 g/mol. The van der Waals surface area contributed by atoms with Gasteiger partial charge in [-0.25, -0.2) is 4.98 Å². The average molecular weight is 484 g/mol. The number of unbranched alkanes of at least 4 members (excludes halogenated alkanes) is 1. The molecule has 0 radical (unpaired) electrons. The van der Waals surface area contributed by atoms with Gasteiger partial charge in [-0.3, -0.25) is 4.99 Å². The molecule has 0 aliphatic rings. The van der Waals surface area contributed by atoms with Gasteiger partial charge in [0.1, 0.15) is 0 Å². The second kappa shape index (κ2) is 17.0. The molecule has 0 atom stereocenters. The molecule has 0 saturated carbocycles. The molecule has 1 aromatic heterocycles. The molecule has 0 aliphatic heterocycles. The Labute approximate surface area is 173 Å². The summed E-state index contributed by atoms with van der Waals surface area (Å²) in [6.07, 6.45) is 6.02. The van der Waals surface area contributed by atoms with Crippen LogP contribution in [0.5, 0.6) is 0 Å². The number of ether oxygens (including phenoxy) is 2. The number of aryl methyl sites for hydroxylation is 1. The van der Waals surface area contributed by atoms with Crippen molar-refractivity contribution in [1.82, 2.24) is 15.6 Å². The molecule has 2 N–H and O–H groups in total. The van der Waals surface area contributed by atoms with Crippen molar-refractivity contribution >= 4 is 41.3 Å². The van der Waals surface area contributed by atoms with Crippen molar-refractivity contribution in [3.8, 4) is 0 Å². The predicted molar refractivity (Wildman–Crippen MR) is 117 cm³/mol. The van der Waals surface area contributed by atoms with E-state index < -0.39 is 0 Å². The van der Waals surface area contributed by atoms with Crippen LogP contribution in [0.2, 0.25) is 0 Å². The molecular formula is C17H33IN4O2S. The number of aliphatic imine (C=N–C) groups is 1. The first-order valence-corrected chi connectivity index (χ1v) is 9.64. The zero-order chi connectivity index (χ0) is 17.5. The van der Waals surface area contributed by atoms with Crippen molar-refractivity contribution in [2.24, 2.45) is 4.99 Å². The Morgan fingerprint density at radius 3 is 2.72 bits per heavy atom. The summed E-state index contributed by atoms with van der Waals surface area (Å²) in [5.41, 5.74) is 0. The van der Waals surface area contributed by atoms with Crippen LogP contribution < -0.4 is 10.6 Å². The van der Waals surface area contributed by atoms with Crippen LogP contribution in [0.15, 0.2) is 11.2 Å². The number of aromatic nitrogens is 1. The third-order valence-electron chi connectivity index (χ3n) is 3.32. The predicted octanol–water partition coefficient (Wildman–Crippen LogP) is 2.86. The lowest BCUT2D eigenvalue weighted by molar-refractivity contribution is 0.0690. The van der Waals surface area contributed by atoms with Crippen molar-refractivity contribution in [3.05, 3.63) is 16.1 Å². The molecule has 0 bridgehead atoms. The third-order valence-corrected chi connectivity index (χ3v) is 4.53. The van der Waals surface area contributed by atoms with E-state index >= 15 is 0 Å². The van der Waals surface area contributed by atoms with Gasteiger partial charge in [0.2, 0.25) is 0 Å². The SMILES string of the molecule is CCNC(=NCCCCOCCOC)NCCc1ncc(CC)s1.I. The van der Waals surface area contributed by atoms with Gasteiger partial charge in [0.15, 0.2) is 5.96 Å². The molecule has 0 aliphatic carbocycles. The minimum atomic E-state index is 0. The molecule has 0 aromatic carbocycles. The van der Waals surface area contributed by atoms with E-state index in [0.717, 1.165) is 57.9 Å². The van der Waals surface area contributed by atoms with E-state index in [1.165, 1.54) is 9.88 Å². The van der Waals surface area contributed by atoms with Gasteiger partial charge in [-0.1, -0.05) is 6.92 Å². The average Bonchev–Trinajstić information content (AvgIpc) is 3.05. The summed E-state index contributed by atoms with van der Waals surface area (Å²) in [5, 5.41) is 7.83. The molecule has 1 aromatic rings. The van der Waals surface area contributed by atoms with E-state index in [1.807, 2.05) is 6.20 Å². The Balaban J connectivity index is 0.00000576. The molecule has 0 spiro atoms. The summed E-state index contributed by atoms with van der Waals surface area (Å²) in [4.78, 5) is 10.4. The highest BCUT2D eigenvalue weighted by molar-refractivity contribution is 14.0. The second-order valence-electron chi connectivity index (χ2n) is 5.32. The van der Waals surface area contributed by atoms with Gasteiger partial charge < -0.3 is 20.1 Å². The van der Waals surface area contributed by atoms with Crippen LogP contribution >= 0.6 is 35.3 Å². The molecule has 25 heavy (non-hydrogen) atoms. The highest BCUT2D eigenvalue weighted by atomic mass is 127. The number of guanidine groups is 1. The summed E-state index contributed by atoms with van der Waals surface area (Å²) >= 11 is 1.80.